The molecule has 3 heterocycles. The number of carbonyl (C=O) groups is 1. The maximum Gasteiger partial charge on any atom is 0.271 e. The Kier molecular flexibility index (Phi) is 6.22. The minimum Gasteiger partial charge on any atom is -0.462 e. The summed E-state index contributed by atoms with van der Waals surface area (Å²) in [4.78, 5) is 34.0. The van der Waals surface area contributed by atoms with Crippen LogP contribution in [0.3, 0.4) is 0 Å². The van der Waals surface area contributed by atoms with E-state index in [2.05, 4.69) is 4.99 Å². The highest BCUT2D eigenvalue weighted by molar-refractivity contribution is 7.07. The van der Waals surface area contributed by atoms with Crippen LogP contribution < -0.4 is 14.9 Å². The minimum absolute atomic E-state index is 0.118. The van der Waals surface area contributed by atoms with Gasteiger partial charge in [-0.25, -0.2) is 4.99 Å². The van der Waals surface area contributed by atoms with Gasteiger partial charge in [-0.05, 0) is 57.5 Å². The number of fused-ring (bicyclic) bond motifs is 1. The molecule has 1 aliphatic heterocycles. The first kappa shape index (κ1) is 22.3. The summed E-state index contributed by atoms with van der Waals surface area (Å²) in [6.07, 6.45) is 1.72. The number of aryl methyl sites for hydroxylation is 1. The van der Waals surface area contributed by atoms with Crippen LogP contribution >= 0.6 is 22.9 Å². The second-order valence-electron chi connectivity index (χ2n) is 7.56. The molecular formula is C24H24ClN3O3S. The average Bonchev–Trinajstić information content (AvgIpc) is 3.31. The maximum absolute atomic E-state index is 13.5. The lowest BCUT2D eigenvalue weighted by molar-refractivity contribution is -0.127. The summed E-state index contributed by atoms with van der Waals surface area (Å²) in [6.45, 7) is 8.70. The van der Waals surface area contributed by atoms with E-state index in [1.807, 2.05) is 52.0 Å². The van der Waals surface area contributed by atoms with Crippen LogP contribution in [-0.4, -0.2) is 28.5 Å². The number of allylic oxidation sites excluding steroid dienone is 1. The van der Waals surface area contributed by atoms with Crippen molar-refractivity contribution in [2.24, 2.45) is 4.99 Å². The molecule has 166 valence electrons. The van der Waals surface area contributed by atoms with Crippen LogP contribution in [0.25, 0.3) is 6.08 Å². The van der Waals surface area contributed by atoms with Crippen molar-refractivity contribution in [2.75, 3.05) is 13.1 Å². The van der Waals surface area contributed by atoms with Crippen LogP contribution in [0, 0.1) is 6.92 Å². The third-order valence-corrected chi connectivity index (χ3v) is 6.76. The second-order valence-corrected chi connectivity index (χ2v) is 9.00. The molecule has 1 amide bonds. The number of aromatic nitrogens is 1. The molecule has 0 unspecified atom stereocenters. The Balaban J connectivity index is 1.96. The normalized spacial score (nSPS) is 16.2. The second kappa shape index (κ2) is 8.92. The van der Waals surface area contributed by atoms with Crippen molar-refractivity contribution < 1.29 is 9.21 Å². The number of rotatable bonds is 5. The van der Waals surface area contributed by atoms with E-state index < -0.39 is 6.04 Å². The third-order valence-electron chi connectivity index (χ3n) is 5.52. The summed E-state index contributed by atoms with van der Waals surface area (Å²) < 4.78 is 7.74. The molecule has 0 bridgehead atoms. The van der Waals surface area contributed by atoms with Gasteiger partial charge in [0.25, 0.3) is 11.5 Å². The Labute approximate surface area is 194 Å². The highest BCUT2D eigenvalue weighted by Crippen LogP contribution is 2.31. The zero-order valence-corrected chi connectivity index (χ0v) is 20.0. The molecule has 0 spiro atoms. The Morgan fingerprint density at radius 3 is 2.47 bits per heavy atom. The Morgan fingerprint density at radius 1 is 1.19 bits per heavy atom. The Hall–Kier alpha value is -2.90. The predicted molar refractivity (Wildman–Crippen MR) is 127 cm³/mol. The Bertz CT molecular complexity index is 1370. The van der Waals surface area contributed by atoms with Crippen molar-refractivity contribution in [3.8, 4) is 0 Å². The summed E-state index contributed by atoms with van der Waals surface area (Å²) >= 11 is 7.40. The first-order valence-electron chi connectivity index (χ1n) is 10.5. The van der Waals surface area contributed by atoms with Crippen LogP contribution in [0.4, 0.5) is 0 Å². The first-order valence-corrected chi connectivity index (χ1v) is 11.7. The van der Waals surface area contributed by atoms with Crippen molar-refractivity contribution in [3.05, 3.63) is 89.5 Å². The third kappa shape index (κ3) is 3.98. The van der Waals surface area contributed by atoms with Gasteiger partial charge in [0.15, 0.2) is 4.80 Å². The molecule has 0 fully saturated rings. The van der Waals surface area contributed by atoms with Gasteiger partial charge in [-0.2, -0.15) is 0 Å². The molecule has 8 heteroatoms. The number of hydrogen-bond donors (Lipinski definition) is 0. The van der Waals surface area contributed by atoms with E-state index >= 15 is 0 Å². The number of carbonyl (C=O) groups excluding carboxylic acids is 1. The van der Waals surface area contributed by atoms with Gasteiger partial charge in [0.1, 0.15) is 11.5 Å². The molecule has 4 rings (SSSR count). The van der Waals surface area contributed by atoms with Crippen molar-refractivity contribution in [3.63, 3.8) is 0 Å². The van der Waals surface area contributed by atoms with Gasteiger partial charge < -0.3 is 9.32 Å². The molecule has 32 heavy (non-hydrogen) atoms. The summed E-state index contributed by atoms with van der Waals surface area (Å²) in [5.74, 6) is 1.25. The fourth-order valence-electron chi connectivity index (χ4n) is 3.90. The predicted octanol–water partition coefficient (Wildman–Crippen LogP) is 3.66. The van der Waals surface area contributed by atoms with E-state index in [0.29, 0.717) is 44.5 Å². The van der Waals surface area contributed by atoms with Crippen LogP contribution in [0.1, 0.15) is 43.9 Å². The molecule has 6 nitrogen and oxygen atoms in total. The molecule has 0 saturated heterocycles. The van der Waals surface area contributed by atoms with E-state index in [1.165, 1.54) is 11.3 Å². The first-order chi connectivity index (χ1) is 15.3. The molecule has 3 aromatic rings. The van der Waals surface area contributed by atoms with Crippen LogP contribution in [0.2, 0.25) is 5.02 Å². The number of furan rings is 1. The van der Waals surface area contributed by atoms with Gasteiger partial charge in [0, 0.05) is 24.2 Å². The number of likely N-dealkylation sites (N-methyl/N-ethyl adjacent to an activating group) is 1. The molecule has 1 aromatic carbocycles. The topological polar surface area (TPSA) is 67.8 Å². The quantitative estimate of drug-likeness (QED) is 0.572. The number of halogens is 1. The SMILES string of the molecule is CCN(CC)C(=O)C1=C(C)N=c2s/c(=C/c3ccc(C)o3)c(=O)n2[C@H]1c1ccc(Cl)cc1. The average molecular weight is 470 g/mol. The lowest BCUT2D eigenvalue weighted by atomic mass is 9.94. The maximum atomic E-state index is 13.5. The summed E-state index contributed by atoms with van der Waals surface area (Å²) in [6, 6.07) is 10.3. The number of hydrogen-bond acceptors (Lipinski definition) is 5. The van der Waals surface area contributed by atoms with E-state index in [4.69, 9.17) is 16.0 Å². The largest absolute Gasteiger partial charge is 0.462 e. The van der Waals surface area contributed by atoms with E-state index in [-0.39, 0.29) is 11.5 Å². The van der Waals surface area contributed by atoms with Crippen LogP contribution in [0.15, 0.2) is 61.9 Å². The van der Waals surface area contributed by atoms with E-state index in [9.17, 15) is 9.59 Å². The van der Waals surface area contributed by atoms with Gasteiger partial charge in [-0.1, -0.05) is 35.1 Å². The fraction of sp³-hybridized carbons (Fsp3) is 0.292. The van der Waals surface area contributed by atoms with Gasteiger partial charge in [-0.3, -0.25) is 14.2 Å². The van der Waals surface area contributed by atoms with Crippen LogP contribution in [-0.2, 0) is 4.79 Å². The summed E-state index contributed by atoms with van der Waals surface area (Å²) in [7, 11) is 0. The van der Waals surface area contributed by atoms with Crippen molar-refractivity contribution in [2.45, 2.75) is 33.7 Å². The van der Waals surface area contributed by atoms with Crippen LogP contribution in [0.5, 0.6) is 0 Å². The molecular weight excluding hydrogens is 446 g/mol. The van der Waals surface area contributed by atoms with E-state index in [1.54, 1.807) is 27.7 Å². The highest BCUT2D eigenvalue weighted by atomic mass is 35.5. The fourth-order valence-corrected chi connectivity index (χ4v) is 5.05. The number of amides is 1. The lowest BCUT2D eigenvalue weighted by Crippen LogP contribution is -2.43. The van der Waals surface area contributed by atoms with Gasteiger partial charge in [0.05, 0.1) is 21.8 Å². The molecule has 0 N–H and O–H groups in total. The zero-order chi connectivity index (χ0) is 23.0. The van der Waals surface area contributed by atoms with E-state index in [0.717, 1.165) is 11.3 Å². The number of benzene rings is 1. The molecule has 0 saturated carbocycles. The van der Waals surface area contributed by atoms with Gasteiger partial charge in [0.2, 0.25) is 0 Å². The molecule has 1 aliphatic rings. The smallest absolute Gasteiger partial charge is 0.271 e. The van der Waals surface area contributed by atoms with Gasteiger partial charge >= 0.3 is 0 Å². The molecule has 0 radical (unpaired) electrons. The molecule has 2 aromatic heterocycles. The standard InChI is InChI=1S/C24H24ClN3O3S/c1-5-27(6-2)23(30)20-15(4)26-24-28(21(20)16-8-10-17(25)11-9-16)22(29)19(32-24)13-18-12-7-14(3)31-18/h7-13,21H,5-6H2,1-4H3/b19-13+/t21-/m0/s1. The van der Waals surface area contributed by atoms with Crippen molar-refractivity contribution >= 4 is 34.9 Å². The zero-order valence-electron chi connectivity index (χ0n) is 18.4. The monoisotopic (exact) mass is 469 g/mol. The Morgan fingerprint density at radius 2 is 1.88 bits per heavy atom. The summed E-state index contributed by atoms with van der Waals surface area (Å²) in [5, 5.41) is 0.590. The lowest BCUT2D eigenvalue weighted by Gasteiger charge is -2.29. The van der Waals surface area contributed by atoms with Crippen molar-refractivity contribution in [1.82, 2.24) is 9.47 Å². The molecule has 1 atom stereocenters. The molecule has 0 aliphatic carbocycles. The number of nitrogens with zero attached hydrogens (tertiary/aromatic N) is 3. The summed E-state index contributed by atoms with van der Waals surface area (Å²) in [5.41, 5.74) is 1.72. The highest BCUT2D eigenvalue weighted by Gasteiger charge is 2.34. The van der Waals surface area contributed by atoms with Crippen molar-refractivity contribution in [1.29, 1.82) is 0 Å². The number of thiazole rings is 1. The minimum atomic E-state index is -0.586. The van der Waals surface area contributed by atoms with Gasteiger partial charge in [-0.15, -0.1) is 0 Å².